The van der Waals surface area contributed by atoms with Crippen molar-refractivity contribution in [1.29, 1.82) is 0 Å². The van der Waals surface area contributed by atoms with Gasteiger partial charge in [-0.2, -0.15) is 0 Å². The van der Waals surface area contributed by atoms with Crippen molar-refractivity contribution in [2.45, 2.75) is 32.9 Å². The summed E-state index contributed by atoms with van der Waals surface area (Å²) in [7, 11) is 1.98. The second-order valence-corrected chi connectivity index (χ2v) is 6.09. The van der Waals surface area contributed by atoms with E-state index in [4.69, 9.17) is 11.6 Å². The maximum atomic E-state index is 13.5. The zero-order chi connectivity index (χ0) is 13.8. The SMILES string of the molecule is CN(CCNC(C)(C)C)Cc1cc(Cl)ccc1F. The topological polar surface area (TPSA) is 15.3 Å². The summed E-state index contributed by atoms with van der Waals surface area (Å²) in [6, 6.07) is 4.67. The van der Waals surface area contributed by atoms with E-state index in [2.05, 4.69) is 31.0 Å². The van der Waals surface area contributed by atoms with Crippen molar-refractivity contribution >= 4 is 11.6 Å². The summed E-state index contributed by atoms with van der Waals surface area (Å²) in [6.45, 7) is 8.69. The van der Waals surface area contributed by atoms with Crippen LogP contribution in [0.5, 0.6) is 0 Å². The lowest BCUT2D eigenvalue weighted by molar-refractivity contribution is 0.299. The first-order valence-corrected chi connectivity index (χ1v) is 6.53. The molecule has 0 heterocycles. The molecule has 1 aromatic rings. The lowest BCUT2D eigenvalue weighted by atomic mass is 10.1. The molecule has 0 aromatic heterocycles. The number of rotatable bonds is 5. The fourth-order valence-corrected chi connectivity index (χ4v) is 1.85. The van der Waals surface area contributed by atoms with Gasteiger partial charge in [0.1, 0.15) is 5.82 Å². The van der Waals surface area contributed by atoms with Gasteiger partial charge in [0.05, 0.1) is 0 Å². The zero-order valence-corrected chi connectivity index (χ0v) is 12.3. The van der Waals surface area contributed by atoms with Gasteiger partial charge in [0, 0.05) is 35.8 Å². The summed E-state index contributed by atoms with van der Waals surface area (Å²) >= 11 is 5.87. The molecule has 0 spiro atoms. The van der Waals surface area contributed by atoms with Crippen LogP contribution in [0, 0.1) is 5.82 Å². The van der Waals surface area contributed by atoms with Gasteiger partial charge in [0.15, 0.2) is 0 Å². The van der Waals surface area contributed by atoms with Crippen LogP contribution in [0.25, 0.3) is 0 Å². The molecule has 0 aliphatic carbocycles. The van der Waals surface area contributed by atoms with Crippen LogP contribution in [0.1, 0.15) is 26.3 Å². The Balaban J connectivity index is 2.44. The third-order valence-electron chi connectivity index (χ3n) is 2.60. The van der Waals surface area contributed by atoms with Crippen molar-refractivity contribution in [1.82, 2.24) is 10.2 Å². The van der Waals surface area contributed by atoms with E-state index >= 15 is 0 Å². The van der Waals surface area contributed by atoms with Crippen LogP contribution >= 0.6 is 11.6 Å². The highest BCUT2D eigenvalue weighted by atomic mass is 35.5. The van der Waals surface area contributed by atoms with Crippen molar-refractivity contribution in [3.8, 4) is 0 Å². The van der Waals surface area contributed by atoms with E-state index in [-0.39, 0.29) is 11.4 Å². The highest BCUT2D eigenvalue weighted by Gasteiger charge is 2.10. The molecule has 1 rings (SSSR count). The van der Waals surface area contributed by atoms with Crippen LogP contribution in [0.15, 0.2) is 18.2 Å². The molecule has 1 aromatic carbocycles. The predicted molar refractivity (Wildman–Crippen MR) is 75.5 cm³/mol. The highest BCUT2D eigenvalue weighted by Crippen LogP contribution is 2.16. The molecule has 0 aliphatic heterocycles. The fourth-order valence-electron chi connectivity index (χ4n) is 1.66. The number of likely N-dealkylation sites (N-methyl/N-ethyl adjacent to an activating group) is 1. The van der Waals surface area contributed by atoms with Gasteiger partial charge in [-0.3, -0.25) is 0 Å². The van der Waals surface area contributed by atoms with Crippen LogP contribution in [-0.2, 0) is 6.54 Å². The Morgan fingerprint density at radius 2 is 2.00 bits per heavy atom. The highest BCUT2D eigenvalue weighted by molar-refractivity contribution is 6.30. The van der Waals surface area contributed by atoms with Crippen LogP contribution in [0.2, 0.25) is 5.02 Å². The molecular formula is C14H22ClFN2. The van der Waals surface area contributed by atoms with Gasteiger partial charge in [0.2, 0.25) is 0 Å². The molecule has 0 aliphatic rings. The molecule has 0 bridgehead atoms. The van der Waals surface area contributed by atoms with Crippen LogP contribution in [-0.4, -0.2) is 30.6 Å². The maximum absolute atomic E-state index is 13.5. The Hall–Kier alpha value is -0.640. The quantitative estimate of drug-likeness (QED) is 0.885. The fraction of sp³-hybridized carbons (Fsp3) is 0.571. The molecule has 0 fully saturated rings. The molecule has 1 N–H and O–H groups in total. The Bertz CT molecular complexity index is 388. The number of halogens is 2. The van der Waals surface area contributed by atoms with Crippen molar-refractivity contribution < 1.29 is 4.39 Å². The molecule has 0 atom stereocenters. The van der Waals surface area contributed by atoms with Gasteiger partial charge in [-0.25, -0.2) is 4.39 Å². The van der Waals surface area contributed by atoms with E-state index in [9.17, 15) is 4.39 Å². The molecule has 0 unspecified atom stereocenters. The third-order valence-corrected chi connectivity index (χ3v) is 2.83. The minimum atomic E-state index is -0.199. The molecule has 0 saturated carbocycles. The van der Waals surface area contributed by atoms with Gasteiger partial charge in [-0.05, 0) is 46.0 Å². The lowest BCUT2D eigenvalue weighted by Gasteiger charge is -2.23. The summed E-state index contributed by atoms with van der Waals surface area (Å²) in [5.74, 6) is -0.199. The van der Waals surface area contributed by atoms with E-state index in [0.29, 0.717) is 17.1 Å². The first-order valence-electron chi connectivity index (χ1n) is 6.15. The minimum absolute atomic E-state index is 0.113. The lowest BCUT2D eigenvalue weighted by Crippen LogP contribution is -2.40. The summed E-state index contributed by atoms with van der Waals surface area (Å²) < 4.78 is 13.5. The molecule has 4 heteroatoms. The van der Waals surface area contributed by atoms with E-state index in [1.54, 1.807) is 12.1 Å². The Kier molecular flexibility index (Phi) is 5.57. The van der Waals surface area contributed by atoms with Gasteiger partial charge >= 0.3 is 0 Å². The summed E-state index contributed by atoms with van der Waals surface area (Å²) in [4.78, 5) is 2.08. The average molecular weight is 273 g/mol. The van der Waals surface area contributed by atoms with Crippen molar-refractivity contribution in [3.05, 3.63) is 34.6 Å². The Morgan fingerprint density at radius 1 is 1.33 bits per heavy atom. The first kappa shape index (κ1) is 15.4. The molecular weight excluding hydrogens is 251 g/mol. The minimum Gasteiger partial charge on any atom is -0.311 e. The van der Waals surface area contributed by atoms with E-state index in [0.717, 1.165) is 13.1 Å². The number of nitrogens with zero attached hydrogens (tertiary/aromatic N) is 1. The summed E-state index contributed by atoms with van der Waals surface area (Å²) in [6.07, 6.45) is 0. The van der Waals surface area contributed by atoms with Crippen LogP contribution in [0.3, 0.4) is 0 Å². The van der Waals surface area contributed by atoms with Crippen LogP contribution in [0.4, 0.5) is 4.39 Å². The molecule has 102 valence electrons. The van der Waals surface area contributed by atoms with E-state index < -0.39 is 0 Å². The second-order valence-electron chi connectivity index (χ2n) is 5.65. The van der Waals surface area contributed by atoms with Crippen LogP contribution < -0.4 is 5.32 Å². The Labute approximate surface area is 114 Å². The average Bonchev–Trinajstić information content (AvgIpc) is 2.21. The monoisotopic (exact) mass is 272 g/mol. The number of benzene rings is 1. The zero-order valence-electron chi connectivity index (χ0n) is 11.6. The second kappa shape index (κ2) is 6.50. The van der Waals surface area contributed by atoms with Crippen molar-refractivity contribution in [3.63, 3.8) is 0 Å². The van der Waals surface area contributed by atoms with Gasteiger partial charge < -0.3 is 10.2 Å². The standard InChI is InChI=1S/C14H22ClFN2/c1-14(2,3)17-7-8-18(4)10-11-9-12(15)5-6-13(11)16/h5-6,9,17H,7-8,10H2,1-4H3. The maximum Gasteiger partial charge on any atom is 0.127 e. The van der Waals surface area contributed by atoms with Gasteiger partial charge in [-0.15, -0.1) is 0 Å². The van der Waals surface area contributed by atoms with Gasteiger partial charge in [-0.1, -0.05) is 11.6 Å². The van der Waals surface area contributed by atoms with Gasteiger partial charge in [0.25, 0.3) is 0 Å². The number of hydrogen-bond acceptors (Lipinski definition) is 2. The summed E-state index contributed by atoms with van der Waals surface area (Å²) in [5, 5.41) is 3.98. The first-order chi connectivity index (χ1) is 8.28. The third kappa shape index (κ3) is 5.80. The molecule has 2 nitrogen and oxygen atoms in total. The van der Waals surface area contributed by atoms with Crippen molar-refractivity contribution in [2.75, 3.05) is 20.1 Å². The predicted octanol–water partition coefficient (Wildman–Crippen LogP) is 3.30. The normalized spacial score (nSPS) is 12.2. The van der Waals surface area contributed by atoms with E-state index in [1.807, 2.05) is 7.05 Å². The molecule has 0 saturated heterocycles. The number of nitrogens with one attached hydrogen (secondary N) is 1. The Morgan fingerprint density at radius 3 is 2.61 bits per heavy atom. The smallest absolute Gasteiger partial charge is 0.127 e. The molecule has 0 amide bonds. The number of hydrogen-bond donors (Lipinski definition) is 1. The van der Waals surface area contributed by atoms with Crippen molar-refractivity contribution in [2.24, 2.45) is 0 Å². The largest absolute Gasteiger partial charge is 0.311 e. The molecule has 0 radical (unpaired) electrons. The summed E-state index contributed by atoms with van der Waals surface area (Å²) in [5.41, 5.74) is 0.753. The van der Waals surface area contributed by atoms with E-state index in [1.165, 1.54) is 6.07 Å². The molecule has 18 heavy (non-hydrogen) atoms.